The molecule has 4 rings (SSSR count). The molecule has 0 aliphatic rings. The number of fused-ring (bicyclic) bond motifs is 1. The number of H-pyrrole nitrogens is 1. The van der Waals surface area contributed by atoms with Crippen molar-refractivity contribution in [3.63, 3.8) is 0 Å². The molecular formula is C26H27N5O. The molecule has 0 saturated carbocycles. The first-order valence-corrected chi connectivity index (χ1v) is 10.7. The lowest BCUT2D eigenvalue weighted by molar-refractivity contribution is -0.114. The van der Waals surface area contributed by atoms with Gasteiger partial charge >= 0.3 is 0 Å². The van der Waals surface area contributed by atoms with E-state index in [1.807, 2.05) is 44.2 Å². The molecule has 162 valence electrons. The summed E-state index contributed by atoms with van der Waals surface area (Å²) < 4.78 is 0. The fourth-order valence-electron chi connectivity index (χ4n) is 3.78. The van der Waals surface area contributed by atoms with Crippen LogP contribution in [0.5, 0.6) is 0 Å². The molecule has 0 aliphatic heterocycles. The van der Waals surface area contributed by atoms with Crippen molar-refractivity contribution in [2.75, 3.05) is 17.2 Å². The molecule has 0 atom stereocenters. The molecule has 0 saturated heterocycles. The highest BCUT2D eigenvalue weighted by Gasteiger charge is 2.08. The predicted molar refractivity (Wildman–Crippen MR) is 132 cm³/mol. The summed E-state index contributed by atoms with van der Waals surface area (Å²) in [5.74, 6) is 0.754. The molecule has 0 fully saturated rings. The Labute approximate surface area is 187 Å². The summed E-state index contributed by atoms with van der Waals surface area (Å²) in [7, 11) is 0. The lowest BCUT2D eigenvalue weighted by Gasteiger charge is -2.11. The van der Waals surface area contributed by atoms with Crippen LogP contribution in [-0.4, -0.2) is 27.4 Å². The van der Waals surface area contributed by atoms with Crippen LogP contribution < -0.4 is 10.6 Å². The van der Waals surface area contributed by atoms with Gasteiger partial charge < -0.3 is 15.6 Å². The Morgan fingerprint density at radius 1 is 1.09 bits per heavy atom. The number of anilines is 2. The molecule has 2 heterocycles. The third-order valence-electron chi connectivity index (χ3n) is 5.48. The smallest absolute Gasteiger partial charge is 0.221 e. The van der Waals surface area contributed by atoms with Gasteiger partial charge in [-0.05, 0) is 61.2 Å². The van der Waals surface area contributed by atoms with Gasteiger partial charge in [0.05, 0.1) is 5.69 Å². The van der Waals surface area contributed by atoms with Gasteiger partial charge in [-0.15, -0.1) is 0 Å². The molecule has 32 heavy (non-hydrogen) atoms. The highest BCUT2D eigenvalue weighted by molar-refractivity contribution is 5.90. The van der Waals surface area contributed by atoms with Crippen LogP contribution in [0.3, 0.4) is 0 Å². The Hall–Kier alpha value is -3.93. The molecule has 6 nitrogen and oxygen atoms in total. The van der Waals surface area contributed by atoms with E-state index in [1.165, 1.54) is 17.9 Å². The normalized spacial score (nSPS) is 11.5. The Morgan fingerprint density at radius 2 is 1.94 bits per heavy atom. The van der Waals surface area contributed by atoms with Crippen molar-refractivity contribution in [2.24, 2.45) is 0 Å². The highest BCUT2D eigenvalue weighted by atomic mass is 16.1. The number of nitrogens with zero attached hydrogens (tertiary/aromatic N) is 2. The van der Waals surface area contributed by atoms with Crippen LogP contribution in [0.4, 0.5) is 11.5 Å². The Bertz CT molecular complexity index is 1290. The molecule has 4 aromatic rings. The third kappa shape index (κ3) is 4.86. The molecule has 0 spiro atoms. The van der Waals surface area contributed by atoms with E-state index in [0.717, 1.165) is 52.4 Å². The molecule has 2 aromatic carbocycles. The number of hydrogen-bond donors (Lipinski definition) is 3. The number of hydrogen-bond acceptors (Lipinski definition) is 4. The lowest BCUT2D eigenvalue weighted by atomic mass is 10.0. The lowest BCUT2D eigenvalue weighted by Crippen LogP contribution is -2.08. The summed E-state index contributed by atoms with van der Waals surface area (Å²) in [6.45, 7) is 6.35. The van der Waals surface area contributed by atoms with Crippen LogP contribution in [0.15, 0.2) is 61.1 Å². The zero-order valence-corrected chi connectivity index (χ0v) is 18.6. The number of aromatic nitrogens is 3. The van der Waals surface area contributed by atoms with Gasteiger partial charge in [0.2, 0.25) is 5.91 Å². The maximum atomic E-state index is 11.3. The van der Waals surface area contributed by atoms with E-state index < -0.39 is 0 Å². The minimum atomic E-state index is -0.0845. The highest BCUT2D eigenvalue weighted by Crippen LogP contribution is 2.24. The van der Waals surface area contributed by atoms with E-state index >= 15 is 0 Å². The van der Waals surface area contributed by atoms with Crippen molar-refractivity contribution in [1.29, 1.82) is 0 Å². The summed E-state index contributed by atoms with van der Waals surface area (Å²) in [6.07, 6.45) is 6.61. The monoisotopic (exact) mass is 425 g/mol. The first-order valence-electron chi connectivity index (χ1n) is 10.7. The number of carbonyl (C=O) groups excluding carboxylic acids is 1. The Kier molecular flexibility index (Phi) is 6.31. The number of benzene rings is 2. The minimum absolute atomic E-state index is 0.0845. The summed E-state index contributed by atoms with van der Waals surface area (Å²) in [6, 6.07) is 16.1. The maximum absolute atomic E-state index is 11.3. The molecule has 1 amide bonds. The minimum Gasteiger partial charge on any atom is -0.369 e. The van der Waals surface area contributed by atoms with Crippen LogP contribution in [0, 0.1) is 6.92 Å². The van der Waals surface area contributed by atoms with Gasteiger partial charge in [0, 0.05) is 41.8 Å². The largest absolute Gasteiger partial charge is 0.369 e. The number of allylic oxidation sites excluding steroid dienone is 1. The first kappa shape index (κ1) is 21.3. The van der Waals surface area contributed by atoms with E-state index in [1.54, 1.807) is 6.33 Å². The van der Waals surface area contributed by atoms with Crippen LogP contribution in [0.2, 0.25) is 0 Å². The average molecular weight is 426 g/mol. The van der Waals surface area contributed by atoms with Crippen LogP contribution in [0.25, 0.3) is 22.6 Å². The number of amides is 1. The van der Waals surface area contributed by atoms with E-state index in [2.05, 4.69) is 56.1 Å². The van der Waals surface area contributed by atoms with Crippen LogP contribution in [-0.2, 0) is 11.2 Å². The summed E-state index contributed by atoms with van der Waals surface area (Å²) in [5, 5.41) is 7.54. The van der Waals surface area contributed by atoms with Crippen molar-refractivity contribution >= 4 is 40.0 Å². The second-order valence-corrected chi connectivity index (χ2v) is 7.86. The van der Waals surface area contributed by atoms with Crippen LogP contribution in [0.1, 0.15) is 36.2 Å². The quantitative estimate of drug-likeness (QED) is 0.368. The second kappa shape index (κ2) is 9.47. The molecule has 0 aliphatic carbocycles. The van der Waals surface area contributed by atoms with Gasteiger partial charge in [-0.2, -0.15) is 0 Å². The van der Waals surface area contributed by atoms with Gasteiger partial charge in [0.25, 0.3) is 0 Å². The van der Waals surface area contributed by atoms with Gasteiger partial charge in [-0.3, -0.25) is 4.79 Å². The van der Waals surface area contributed by atoms with E-state index in [0.29, 0.717) is 0 Å². The average Bonchev–Trinajstić information content (AvgIpc) is 3.19. The predicted octanol–water partition coefficient (Wildman–Crippen LogP) is 5.44. The number of nitrogens with one attached hydrogen (secondary N) is 3. The standard InChI is InChI=1S/C26H27N5O/c1-17(20-7-6-8-22(14-20)31-19(3)32)13-25-18(2)26(30-16-29-25)27-12-11-21-15-28-24-10-5-4-9-23(21)24/h4-10,13-16,28H,11-12H2,1-3H3,(H,31,32)(H,27,29,30)/b17-13+. The Morgan fingerprint density at radius 3 is 2.78 bits per heavy atom. The van der Waals surface area contributed by atoms with E-state index in [4.69, 9.17) is 0 Å². The molecule has 0 unspecified atom stereocenters. The van der Waals surface area contributed by atoms with Crippen molar-refractivity contribution < 1.29 is 4.79 Å². The number of para-hydroxylation sites is 1. The zero-order chi connectivity index (χ0) is 22.5. The molecule has 3 N–H and O–H groups in total. The van der Waals surface area contributed by atoms with Gasteiger partial charge in [0.1, 0.15) is 12.1 Å². The molecule has 6 heteroatoms. The molecule has 0 bridgehead atoms. The summed E-state index contributed by atoms with van der Waals surface area (Å²) in [5.41, 5.74) is 7.19. The second-order valence-electron chi connectivity index (χ2n) is 7.86. The molecule has 2 aromatic heterocycles. The summed E-state index contributed by atoms with van der Waals surface area (Å²) in [4.78, 5) is 23.6. The number of rotatable bonds is 7. The van der Waals surface area contributed by atoms with E-state index in [9.17, 15) is 4.79 Å². The topological polar surface area (TPSA) is 82.7 Å². The van der Waals surface area contributed by atoms with Gasteiger partial charge in [0.15, 0.2) is 0 Å². The summed E-state index contributed by atoms with van der Waals surface area (Å²) >= 11 is 0. The maximum Gasteiger partial charge on any atom is 0.221 e. The molecular weight excluding hydrogens is 398 g/mol. The SMILES string of the molecule is CC(=O)Nc1cccc(/C(C)=C/c2ncnc(NCCc3c[nH]c4ccccc34)c2C)c1. The van der Waals surface area contributed by atoms with Crippen molar-refractivity contribution in [3.05, 3.63) is 83.4 Å². The zero-order valence-electron chi connectivity index (χ0n) is 18.6. The van der Waals surface area contributed by atoms with Crippen molar-refractivity contribution in [3.8, 4) is 0 Å². The number of carbonyl (C=O) groups is 1. The van der Waals surface area contributed by atoms with Crippen molar-refractivity contribution in [1.82, 2.24) is 15.0 Å². The van der Waals surface area contributed by atoms with Gasteiger partial charge in [-0.1, -0.05) is 30.3 Å². The van der Waals surface area contributed by atoms with Crippen molar-refractivity contribution in [2.45, 2.75) is 27.2 Å². The van der Waals surface area contributed by atoms with Crippen LogP contribution >= 0.6 is 0 Å². The Balaban J connectivity index is 1.48. The molecule has 0 radical (unpaired) electrons. The van der Waals surface area contributed by atoms with Gasteiger partial charge in [-0.25, -0.2) is 9.97 Å². The van der Waals surface area contributed by atoms with E-state index in [-0.39, 0.29) is 5.91 Å². The third-order valence-corrected chi connectivity index (χ3v) is 5.48. The fourth-order valence-corrected chi connectivity index (χ4v) is 3.78. The first-order chi connectivity index (χ1) is 15.5. The fraction of sp³-hybridized carbons (Fsp3) is 0.192. The number of aromatic amines is 1.